The number of halogens is 1. The Labute approximate surface area is 135 Å². The van der Waals surface area contributed by atoms with E-state index in [4.69, 9.17) is 14.7 Å². The van der Waals surface area contributed by atoms with Gasteiger partial charge in [-0.25, -0.2) is 0 Å². The summed E-state index contributed by atoms with van der Waals surface area (Å²) in [5, 5.41) is 12.0. The van der Waals surface area contributed by atoms with Crippen molar-refractivity contribution in [3.05, 3.63) is 22.2 Å². The Morgan fingerprint density at radius 1 is 1.33 bits per heavy atom. The molecule has 1 aromatic rings. The zero-order valence-electron chi connectivity index (χ0n) is 13.1. The van der Waals surface area contributed by atoms with Crippen molar-refractivity contribution in [3.63, 3.8) is 0 Å². The van der Waals surface area contributed by atoms with Crippen molar-refractivity contribution in [1.82, 2.24) is 5.32 Å². The number of benzene rings is 1. The monoisotopic (exact) mass is 354 g/mol. The van der Waals surface area contributed by atoms with E-state index in [1.807, 2.05) is 12.1 Å². The first kappa shape index (κ1) is 17.8. The molecule has 0 saturated heterocycles. The quantitative estimate of drug-likeness (QED) is 0.751. The summed E-state index contributed by atoms with van der Waals surface area (Å²) >= 11 is 3.53. The zero-order valence-corrected chi connectivity index (χ0v) is 14.7. The molecule has 0 bridgehead atoms. The molecular formula is C16H23BrN2O2. The lowest BCUT2D eigenvalue weighted by Gasteiger charge is -2.21. The largest absolute Gasteiger partial charge is 0.493 e. The van der Waals surface area contributed by atoms with Crippen LogP contribution in [0.25, 0.3) is 0 Å². The van der Waals surface area contributed by atoms with Crippen molar-refractivity contribution in [2.75, 3.05) is 13.7 Å². The van der Waals surface area contributed by atoms with E-state index in [0.717, 1.165) is 16.6 Å². The second-order valence-electron chi connectivity index (χ2n) is 5.82. The van der Waals surface area contributed by atoms with Crippen molar-refractivity contribution in [2.45, 2.75) is 45.7 Å². The van der Waals surface area contributed by atoms with Crippen molar-refractivity contribution in [1.29, 1.82) is 5.26 Å². The van der Waals surface area contributed by atoms with Gasteiger partial charge in [0.1, 0.15) is 0 Å². The van der Waals surface area contributed by atoms with E-state index in [1.165, 1.54) is 0 Å². The molecule has 0 heterocycles. The Morgan fingerprint density at radius 2 is 2.05 bits per heavy atom. The van der Waals surface area contributed by atoms with Crippen LogP contribution in [0, 0.1) is 11.3 Å². The van der Waals surface area contributed by atoms with E-state index in [1.54, 1.807) is 7.11 Å². The van der Waals surface area contributed by atoms with E-state index >= 15 is 0 Å². The summed E-state index contributed by atoms with van der Waals surface area (Å²) in [5.41, 5.74) is 1.18. The Kier molecular flexibility index (Phi) is 7.00. The van der Waals surface area contributed by atoms with Crippen LogP contribution in [0.2, 0.25) is 0 Å². The molecule has 0 saturated carbocycles. The molecule has 0 radical (unpaired) electrons. The first-order valence-electron chi connectivity index (χ1n) is 6.98. The number of nitriles is 1. The molecule has 1 aromatic carbocycles. The number of rotatable bonds is 7. The third kappa shape index (κ3) is 6.36. The number of ether oxygens (including phenoxy) is 2. The van der Waals surface area contributed by atoms with E-state index in [-0.39, 0.29) is 5.54 Å². The summed E-state index contributed by atoms with van der Waals surface area (Å²) in [6.07, 6.45) is 1.20. The predicted molar refractivity (Wildman–Crippen MR) is 87.6 cm³/mol. The van der Waals surface area contributed by atoms with Gasteiger partial charge in [-0.15, -0.1) is 0 Å². The topological polar surface area (TPSA) is 54.3 Å². The first-order valence-corrected chi connectivity index (χ1v) is 7.78. The molecule has 21 heavy (non-hydrogen) atoms. The fourth-order valence-corrected chi connectivity index (χ4v) is 2.31. The lowest BCUT2D eigenvalue weighted by Crippen LogP contribution is -2.35. The van der Waals surface area contributed by atoms with Crippen molar-refractivity contribution < 1.29 is 9.47 Å². The van der Waals surface area contributed by atoms with Gasteiger partial charge in [0.05, 0.1) is 24.3 Å². The molecule has 116 valence electrons. The minimum atomic E-state index is 0.0617. The first-order chi connectivity index (χ1) is 9.87. The predicted octanol–water partition coefficient (Wildman–Crippen LogP) is 4.03. The van der Waals surface area contributed by atoms with Crippen LogP contribution < -0.4 is 14.8 Å². The van der Waals surface area contributed by atoms with E-state index in [2.05, 4.69) is 48.1 Å². The van der Waals surface area contributed by atoms with Crippen molar-refractivity contribution >= 4 is 15.9 Å². The summed E-state index contributed by atoms with van der Waals surface area (Å²) < 4.78 is 12.0. The third-order valence-corrected chi connectivity index (χ3v) is 3.38. The zero-order chi connectivity index (χ0) is 15.9. The van der Waals surface area contributed by atoms with Gasteiger partial charge in [0.2, 0.25) is 0 Å². The maximum Gasteiger partial charge on any atom is 0.175 e. The smallest absolute Gasteiger partial charge is 0.175 e. The Balaban J connectivity index is 2.79. The van der Waals surface area contributed by atoms with Crippen LogP contribution >= 0.6 is 15.9 Å². The van der Waals surface area contributed by atoms with Crippen LogP contribution in [0.3, 0.4) is 0 Å². The lowest BCUT2D eigenvalue weighted by molar-refractivity contribution is 0.288. The fraction of sp³-hybridized carbons (Fsp3) is 0.562. The third-order valence-electron chi connectivity index (χ3n) is 2.79. The average molecular weight is 355 g/mol. The maximum absolute atomic E-state index is 8.53. The minimum absolute atomic E-state index is 0.0617. The summed E-state index contributed by atoms with van der Waals surface area (Å²) in [6.45, 7) is 7.65. The molecule has 4 nitrogen and oxygen atoms in total. The van der Waals surface area contributed by atoms with Crippen LogP contribution in [0.4, 0.5) is 0 Å². The van der Waals surface area contributed by atoms with Gasteiger partial charge < -0.3 is 14.8 Å². The van der Waals surface area contributed by atoms with Crippen LogP contribution in [-0.4, -0.2) is 19.3 Å². The average Bonchev–Trinajstić information content (AvgIpc) is 2.41. The minimum Gasteiger partial charge on any atom is -0.493 e. The van der Waals surface area contributed by atoms with E-state index in [9.17, 15) is 0 Å². The molecule has 0 aliphatic heterocycles. The highest BCUT2D eigenvalue weighted by atomic mass is 79.9. The molecule has 0 atom stereocenters. The molecule has 0 amide bonds. The summed E-state index contributed by atoms with van der Waals surface area (Å²) in [6, 6.07) is 6.11. The fourth-order valence-electron chi connectivity index (χ4n) is 1.71. The van der Waals surface area contributed by atoms with Gasteiger partial charge in [-0.2, -0.15) is 5.26 Å². The molecule has 0 spiro atoms. The second kappa shape index (κ2) is 8.26. The molecule has 5 heteroatoms. The SMILES string of the molecule is COc1cc(CNC(C)(C)C)cc(Br)c1OCCCC#N. The molecule has 0 unspecified atom stereocenters. The highest BCUT2D eigenvalue weighted by molar-refractivity contribution is 9.10. The van der Waals surface area contributed by atoms with Crippen LogP contribution in [0.5, 0.6) is 11.5 Å². The second-order valence-corrected chi connectivity index (χ2v) is 6.68. The van der Waals surface area contributed by atoms with E-state index in [0.29, 0.717) is 30.9 Å². The number of methoxy groups -OCH3 is 1. The van der Waals surface area contributed by atoms with Gasteiger partial charge in [0, 0.05) is 18.5 Å². The molecule has 1 N–H and O–H groups in total. The van der Waals surface area contributed by atoms with Crippen LogP contribution in [0.15, 0.2) is 16.6 Å². The van der Waals surface area contributed by atoms with E-state index < -0.39 is 0 Å². The molecule has 0 aromatic heterocycles. The molecule has 0 fully saturated rings. The van der Waals surface area contributed by atoms with Crippen LogP contribution in [0.1, 0.15) is 39.2 Å². The highest BCUT2D eigenvalue weighted by Crippen LogP contribution is 2.36. The number of hydrogen-bond acceptors (Lipinski definition) is 4. The standard InChI is InChI=1S/C16H23BrN2O2/c1-16(2,3)19-11-12-9-13(17)15(14(10-12)20-4)21-8-6-5-7-18/h9-10,19H,5-6,8,11H2,1-4H3. The number of hydrogen-bond donors (Lipinski definition) is 1. The summed E-state index contributed by atoms with van der Waals surface area (Å²) in [4.78, 5) is 0. The van der Waals surface area contributed by atoms with Gasteiger partial charge in [0.25, 0.3) is 0 Å². The number of nitrogens with one attached hydrogen (secondary N) is 1. The number of nitrogens with zero attached hydrogens (tertiary/aromatic N) is 1. The Morgan fingerprint density at radius 3 is 2.62 bits per heavy atom. The molecule has 1 rings (SSSR count). The summed E-state index contributed by atoms with van der Waals surface area (Å²) in [5.74, 6) is 1.39. The Bertz CT molecular complexity index is 504. The highest BCUT2D eigenvalue weighted by Gasteiger charge is 2.14. The molecule has 0 aliphatic carbocycles. The normalized spacial score (nSPS) is 11.0. The van der Waals surface area contributed by atoms with Crippen LogP contribution in [-0.2, 0) is 6.54 Å². The van der Waals surface area contributed by atoms with Gasteiger partial charge in [0.15, 0.2) is 11.5 Å². The van der Waals surface area contributed by atoms with Crippen molar-refractivity contribution in [2.24, 2.45) is 0 Å². The summed E-state index contributed by atoms with van der Waals surface area (Å²) in [7, 11) is 1.63. The lowest BCUT2D eigenvalue weighted by atomic mass is 10.1. The van der Waals surface area contributed by atoms with Gasteiger partial charge >= 0.3 is 0 Å². The van der Waals surface area contributed by atoms with Gasteiger partial charge in [-0.05, 0) is 60.8 Å². The van der Waals surface area contributed by atoms with Gasteiger partial charge in [-0.1, -0.05) is 0 Å². The Hall–Kier alpha value is -1.25. The van der Waals surface area contributed by atoms with Crippen molar-refractivity contribution in [3.8, 4) is 17.6 Å². The number of unbranched alkanes of at least 4 members (excludes halogenated alkanes) is 1. The molecular weight excluding hydrogens is 332 g/mol. The maximum atomic E-state index is 8.53. The van der Waals surface area contributed by atoms with Gasteiger partial charge in [-0.3, -0.25) is 0 Å². The molecule has 0 aliphatic rings.